The summed E-state index contributed by atoms with van der Waals surface area (Å²) < 4.78 is 33.0. The van der Waals surface area contributed by atoms with Crippen LogP contribution in [-0.2, 0) is 16.4 Å². The van der Waals surface area contributed by atoms with E-state index in [0.717, 1.165) is 68.2 Å². The predicted octanol–water partition coefficient (Wildman–Crippen LogP) is 5.00. The summed E-state index contributed by atoms with van der Waals surface area (Å²) in [5, 5.41) is 22.5. The molecule has 1 fully saturated rings. The summed E-state index contributed by atoms with van der Waals surface area (Å²) in [6.07, 6.45) is 9.68. The third kappa shape index (κ3) is 11.6. The minimum absolute atomic E-state index is 0. The largest absolute Gasteiger partial charge is 0.490 e. The summed E-state index contributed by atoms with van der Waals surface area (Å²) in [6.45, 7) is 0.977. The van der Waals surface area contributed by atoms with Gasteiger partial charge in [-0.15, -0.1) is 24.8 Å². The fourth-order valence-corrected chi connectivity index (χ4v) is 6.07. The highest BCUT2D eigenvalue weighted by Gasteiger charge is 2.23. The molecule has 12 heteroatoms. The van der Waals surface area contributed by atoms with Crippen LogP contribution in [0.15, 0.2) is 67.0 Å². The molecule has 1 saturated carbocycles. The zero-order valence-corrected chi connectivity index (χ0v) is 27.1. The van der Waals surface area contributed by atoms with E-state index in [1.807, 2.05) is 30.3 Å². The second-order valence-corrected chi connectivity index (χ2v) is 12.6. The van der Waals surface area contributed by atoms with Crippen LogP contribution >= 0.6 is 24.8 Å². The van der Waals surface area contributed by atoms with Crippen LogP contribution in [-0.4, -0.2) is 61.1 Å². The van der Waals surface area contributed by atoms with Crippen molar-refractivity contribution in [3.05, 3.63) is 83.7 Å². The van der Waals surface area contributed by atoms with E-state index >= 15 is 0 Å². The number of carbonyl (C=O) groups excluding carboxylic acids is 1. The molecule has 1 atom stereocenters. The third-order valence-corrected chi connectivity index (χ3v) is 8.73. The van der Waals surface area contributed by atoms with E-state index in [4.69, 9.17) is 9.84 Å². The number of aromatic nitrogens is 1. The molecule has 1 aliphatic rings. The number of halogens is 2. The molecular weight excluding hydrogens is 625 g/mol. The summed E-state index contributed by atoms with van der Waals surface area (Å²) in [7, 11) is -3.87. The summed E-state index contributed by atoms with van der Waals surface area (Å²) in [5.74, 6) is -0.692. The molecule has 0 spiro atoms. The van der Waals surface area contributed by atoms with Crippen molar-refractivity contribution in [3.8, 4) is 16.9 Å². The summed E-state index contributed by atoms with van der Waals surface area (Å²) in [6, 6.07) is 17.1. The molecule has 0 unspecified atom stereocenters. The quantitative estimate of drug-likeness (QED) is 0.166. The van der Waals surface area contributed by atoms with Gasteiger partial charge in [0.05, 0.1) is 23.5 Å². The van der Waals surface area contributed by atoms with E-state index in [0.29, 0.717) is 12.3 Å². The van der Waals surface area contributed by atoms with Gasteiger partial charge in [0.1, 0.15) is 5.75 Å². The Hall–Kier alpha value is -2.73. The van der Waals surface area contributed by atoms with E-state index in [9.17, 15) is 18.3 Å². The highest BCUT2D eigenvalue weighted by Crippen LogP contribution is 2.31. The molecule has 1 amide bonds. The Morgan fingerprint density at radius 3 is 2.41 bits per heavy atom. The molecule has 0 radical (unpaired) electrons. The van der Waals surface area contributed by atoms with Crippen molar-refractivity contribution in [1.29, 1.82) is 0 Å². The monoisotopic (exact) mass is 667 g/mol. The molecule has 4 rings (SSSR count). The van der Waals surface area contributed by atoms with E-state index < -0.39 is 22.0 Å². The third-order valence-electron chi connectivity index (χ3n) is 7.40. The first-order chi connectivity index (χ1) is 20.3. The Labute approximate surface area is 272 Å². The fourth-order valence-electron chi connectivity index (χ4n) is 5.06. The van der Waals surface area contributed by atoms with Crippen LogP contribution in [0.4, 0.5) is 0 Å². The lowest BCUT2D eigenvalue weighted by Crippen LogP contribution is -2.33. The van der Waals surface area contributed by atoms with Gasteiger partial charge in [-0.1, -0.05) is 42.8 Å². The summed E-state index contributed by atoms with van der Waals surface area (Å²) >= 11 is 0. The average Bonchev–Trinajstić information content (AvgIpc) is 3.01. The topological polar surface area (TPSA) is 138 Å². The molecular formula is C32H43Cl2N3O6S. The molecule has 0 bridgehead atoms. The van der Waals surface area contributed by atoms with Gasteiger partial charge in [0.2, 0.25) is 10.0 Å². The summed E-state index contributed by atoms with van der Waals surface area (Å²) in [4.78, 5) is 17.0. The molecule has 44 heavy (non-hydrogen) atoms. The van der Waals surface area contributed by atoms with Crippen molar-refractivity contribution < 1.29 is 28.2 Å². The number of aryl methyl sites for hydroxylation is 1. The predicted molar refractivity (Wildman–Crippen MR) is 177 cm³/mol. The number of nitrogens with zero attached hydrogens (tertiary/aromatic N) is 1. The lowest BCUT2D eigenvalue weighted by molar-refractivity contribution is 0.0969. The van der Waals surface area contributed by atoms with Crippen LogP contribution in [0, 0.1) is 0 Å². The number of nitrogens with one attached hydrogen (secondary N) is 2. The Bertz CT molecular complexity index is 1390. The molecule has 0 aliphatic heterocycles. The summed E-state index contributed by atoms with van der Waals surface area (Å²) in [5.41, 5.74) is 4.00. The van der Waals surface area contributed by atoms with Gasteiger partial charge in [-0.05, 0) is 86.4 Å². The number of hydrogen-bond donors (Lipinski definition) is 4. The number of pyridine rings is 1. The van der Waals surface area contributed by atoms with Crippen molar-refractivity contribution in [3.63, 3.8) is 0 Å². The van der Waals surface area contributed by atoms with Crippen LogP contribution in [0.2, 0.25) is 0 Å². The smallest absolute Gasteiger partial charge is 0.268 e. The molecule has 0 saturated heterocycles. The van der Waals surface area contributed by atoms with Crippen molar-refractivity contribution in [1.82, 2.24) is 15.0 Å². The van der Waals surface area contributed by atoms with Crippen molar-refractivity contribution >= 4 is 40.7 Å². The van der Waals surface area contributed by atoms with Crippen LogP contribution < -0.4 is 14.8 Å². The van der Waals surface area contributed by atoms with E-state index in [-0.39, 0.29) is 55.3 Å². The Kier molecular flexibility index (Phi) is 16.1. The number of carbonyl (C=O) groups is 1. The highest BCUT2D eigenvalue weighted by atomic mass is 35.5. The maximum Gasteiger partial charge on any atom is 0.268 e. The van der Waals surface area contributed by atoms with Crippen molar-refractivity contribution in [2.75, 3.05) is 25.4 Å². The number of rotatable bonds is 15. The molecule has 1 aliphatic carbocycles. The van der Waals surface area contributed by atoms with Crippen LogP contribution in [0.5, 0.6) is 5.75 Å². The van der Waals surface area contributed by atoms with Crippen molar-refractivity contribution in [2.24, 2.45) is 0 Å². The standard InChI is InChI=1S/C32H41N3O6S.2ClH/c36-19-6-20-42(39,40)35-32(38)29-16-15-26(21-31(29)41-28-9-2-1-3-10-28)25-13-11-24(12-14-25)7-4-17-34-23-30(37)27-8-5-18-33-22-27;;/h5,8,11-16,18,21-22,28,30,34,36-37H,1-4,6-7,9-10,17,19-20,23H2,(H,35,38);2*1H/t30-;;/m0../s1. The zero-order chi connectivity index (χ0) is 29.8. The number of benzene rings is 2. The highest BCUT2D eigenvalue weighted by molar-refractivity contribution is 7.90. The van der Waals surface area contributed by atoms with Gasteiger partial charge in [0, 0.05) is 31.1 Å². The average molecular weight is 669 g/mol. The maximum absolute atomic E-state index is 13.0. The lowest BCUT2D eigenvalue weighted by Gasteiger charge is -2.24. The number of sulfonamides is 1. The molecule has 9 nitrogen and oxygen atoms in total. The van der Waals surface area contributed by atoms with Crippen LogP contribution in [0.1, 0.15) is 72.5 Å². The van der Waals surface area contributed by atoms with Crippen LogP contribution in [0.3, 0.4) is 0 Å². The SMILES string of the molecule is Cl.Cl.O=C(NS(=O)(=O)CCCO)c1ccc(-c2ccc(CCCNC[C@H](O)c3cccnc3)cc2)cc1OC1CCCCC1. The Balaban J connectivity index is 0.00000337. The molecule has 1 heterocycles. The van der Waals surface area contributed by atoms with Gasteiger partial charge < -0.3 is 20.3 Å². The van der Waals surface area contributed by atoms with Gasteiger partial charge in [0.15, 0.2) is 0 Å². The Morgan fingerprint density at radius 2 is 1.73 bits per heavy atom. The lowest BCUT2D eigenvalue weighted by atomic mass is 9.97. The molecule has 242 valence electrons. The van der Waals surface area contributed by atoms with E-state index in [2.05, 4.69) is 27.2 Å². The molecule has 2 aromatic carbocycles. The minimum atomic E-state index is -3.87. The number of aliphatic hydroxyl groups excluding tert-OH is 2. The number of ether oxygens (including phenoxy) is 1. The second kappa shape index (κ2) is 18.9. The van der Waals surface area contributed by atoms with E-state index in [1.54, 1.807) is 24.5 Å². The molecule has 4 N–H and O–H groups in total. The fraction of sp³-hybridized carbons (Fsp3) is 0.438. The van der Waals surface area contributed by atoms with Gasteiger partial charge in [-0.25, -0.2) is 13.1 Å². The molecule has 1 aromatic heterocycles. The Morgan fingerprint density at radius 1 is 1.00 bits per heavy atom. The number of hydrogen-bond acceptors (Lipinski definition) is 8. The number of amides is 1. The first kappa shape index (κ1) is 37.5. The van der Waals surface area contributed by atoms with Crippen molar-refractivity contribution in [2.45, 2.75) is 63.6 Å². The second-order valence-electron chi connectivity index (χ2n) is 10.7. The van der Waals surface area contributed by atoms with E-state index in [1.165, 1.54) is 5.56 Å². The maximum atomic E-state index is 13.0. The first-order valence-electron chi connectivity index (χ1n) is 14.7. The minimum Gasteiger partial charge on any atom is -0.490 e. The zero-order valence-electron chi connectivity index (χ0n) is 24.7. The van der Waals surface area contributed by atoms with Crippen LogP contribution in [0.25, 0.3) is 11.1 Å². The van der Waals surface area contributed by atoms with Gasteiger partial charge in [0.25, 0.3) is 5.91 Å². The molecule has 3 aromatic rings. The van der Waals surface area contributed by atoms with Gasteiger partial charge in [-0.3, -0.25) is 9.78 Å². The number of aliphatic hydroxyl groups is 2. The van der Waals surface area contributed by atoms with Gasteiger partial charge in [-0.2, -0.15) is 0 Å². The first-order valence-corrected chi connectivity index (χ1v) is 16.3. The normalized spacial score (nSPS) is 14.1. The van der Waals surface area contributed by atoms with Gasteiger partial charge >= 0.3 is 0 Å².